The van der Waals surface area contributed by atoms with E-state index < -0.39 is 16.1 Å². The van der Waals surface area contributed by atoms with Crippen molar-refractivity contribution >= 4 is 33.2 Å². The molecule has 0 heterocycles. The predicted molar refractivity (Wildman–Crippen MR) is 101 cm³/mol. The number of anilines is 1. The molecule has 0 radical (unpaired) electrons. The summed E-state index contributed by atoms with van der Waals surface area (Å²) in [5, 5.41) is 3.36. The van der Waals surface area contributed by atoms with Crippen molar-refractivity contribution in [1.29, 1.82) is 0 Å². The molecule has 0 aliphatic carbocycles. The molecule has 5 nitrogen and oxygen atoms in total. The quantitative estimate of drug-likeness (QED) is 0.804. The molecule has 0 saturated carbocycles. The van der Waals surface area contributed by atoms with Gasteiger partial charge in [-0.15, -0.1) is 0 Å². The third kappa shape index (κ3) is 6.49. The lowest BCUT2D eigenvalue weighted by Crippen LogP contribution is -2.30. The normalized spacial score (nSPS) is 12.6. The summed E-state index contributed by atoms with van der Waals surface area (Å²) in [6.45, 7) is 3.90. The molecule has 0 bridgehead atoms. The third-order valence-corrected chi connectivity index (χ3v) is 4.49. The molecular formula is C18H21ClN2O3S. The monoisotopic (exact) mass is 380 g/mol. The highest BCUT2D eigenvalue weighted by Gasteiger charge is 2.20. The van der Waals surface area contributed by atoms with Gasteiger partial charge in [0.25, 0.3) is 0 Å². The van der Waals surface area contributed by atoms with Crippen molar-refractivity contribution in [3.63, 3.8) is 0 Å². The number of halogens is 1. The Labute approximate surface area is 153 Å². The zero-order valence-corrected chi connectivity index (χ0v) is 15.9. The van der Waals surface area contributed by atoms with Crippen LogP contribution in [0.1, 0.15) is 29.2 Å². The molecule has 0 aliphatic rings. The fourth-order valence-electron chi connectivity index (χ4n) is 2.63. The summed E-state index contributed by atoms with van der Waals surface area (Å²) < 4.78 is 25.8. The number of nitrogens with one attached hydrogen (secondary N) is 2. The number of amides is 1. The van der Waals surface area contributed by atoms with Crippen LogP contribution in [0, 0.1) is 13.8 Å². The lowest BCUT2D eigenvalue weighted by atomic mass is 10.0. The number of hydrogen-bond donors (Lipinski definition) is 2. The third-order valence-electron chi connectivity index (χ3n) is 3.52. The van der Waals surface area contributed by atoms with Crippen LogP contribution in [0.3, 0.4) is 0 Å². The van der Waals surface area contributed by atoms with Gasteiger partial charge in [0.2, 0.25) is 15.9 Å². The standard InChI is InChI=1S/C18H21ClN2O3S/c1-12-8-13(2)10-16(9-12)20-18(22)11-17(21-25(3,23)24)14-4-6-15(19)7-5-14/h4-10,17,21H,11H2,1-3H3,(H,20,22)/t17-/m1/s1. The zero-order chi connectivity index (χ0) is 18.6. The van der Waals surface area contributed by atoms with Crippen LogP contribution >= 0.6 is 11.6 Å². The van der Waals surface area contributed by atoms with Gasteiger partial charge in [-0.05, 0) is 54.8 Å². The zero-order valence-electron chi connectivity index (χ0n) is 14.3. The van der Waals surface area contributed by atoms with E-state index in [4.69, 9.17) is 11.6 Å². The second-order valence-corrected chi connectivity index (χ2v) is 8.34. The molecule has 1 amide bonds. The molecular weight excluding hydrogens is 360 g/mol. The summed E-state index contributed by atoms with van der Waals surface area (Å²) in [5.74, 6) is -0.277. The van der Waals surface area contributed by atoms with Gasteiger partial charge in [0, 0.05) is 17.1 Å². The molecule has 0 aromatic heterocycles. The van der Waals surface area contributed by atoms with Gasteiger partial charge < -0.3 is 5.32 Å². The molecule has 0 fully saturated rings. The Balaban J connectivity index is 2.17. The van der Waals surface area contributed by atoms with Gasteiger partial charge in [0.15, 0.2) is 0 Å². The van der Waals surface area contributed by atoms with Crippen LogP contribution < -0.4 is 10.0 Å². The highest BCUT2D eigenvalue weighted by molar-refractivity contribution is 7.88. The van der Waals surface area contributed by atoms with Crippen LogP contribution in [0.2, 0.25) is 5.02 Å². The van der Waals surface area contributed by atoms with E-state index in [-0.39, 0.29) is 12.3 Å². The van der Waals surface area contributed by atoms with E-state index in [0.717, 1.165) is 17.4 Å². The maximum atomic E-state index is 12.4. The number of rotatable bonds is 6. The van der Waals surface area contributed by atoms with Crippen molar-refractivity contribution in [2.45, 2.75) is 26.3 Å². The molecule has 2 rings (SSSR count). The van der Waals surface area contributed by atoms with Crippen molar-refractivity contribution in [3.8, 4) is 0 Å². The minimum absolute atomic E-state index is 0.0261. The first kappa shape index (κ1) is 19.4. The molecule has 2 N–H and O–H groups in total. The molecule has 134 valence electrons. The minimum Gasteiger partial charge on any atom is -0.326 e. The van der Waals surface area contributed by atoms with E-state index in [0.29, 0.717) is 16.3 Å². The van der Waals surface area contributed by atoms with E-state index in [1.807, 2.05) is 32.0 Å². The van der Waals surface area contributed by atoms with Gasteiger partial charge in [0.05, 0.1) is 12.3 Å². The SMILES string of the molecule is Cc1cc(C)cc(NC(=O)C[C@@H](NS(C)(=O)=O)c2ccc(Cl)cc2)c1. The minimum atomic E-state index is -3.48. The van der Waals surface area contributed by atoms with Crippen molar-refractivity contribution in [2.24, 2.45) is 0 Å². The van der Waals surface area contributed by atoms with Crippen LogP contribution in [0.15, 0.2) is 42.5 Å². The second-order valence-electron chi connectivity index (χ2n) is 6.12. The van der Waals surface area contributed by atoms with Crippen molar-refractivity contribution in [1.82, 2.24) is 4.72 Å². The largest absolute Gasteiger partial charge is 0.326 e. The molecule has 0 spiro atoms. The first-order valence-corrected chi connectivity index (χ1v) is 10.0. The van der Waals surface area contributed by atoms with Crippen LogP contribution in [0.5, 0.6) is 0 Å². The lowest BCUT2D eigenvalue weighted by Gasteiger charge is -2.18. The first-order chi connectivity index (χ1) is 11.6. The highest BCUT2D eigenvalue weighted by Crippen LogP contribution is 2.21. The molecule has 1 atom stereocenters. The van der Waals surface area contributed by atoms with Gasteiger partial charge in [-0.2, -0.15) is 0 Å². The Morgan fingerprint density at radius 2 is 1.64 bits per heavy atom. The number of benzene rings is 2. The van der Waals surface area contributed by atoms with Crippen LogP contribution in [-0.4, -0.2) is 20.6 Å². The molecule has 25 heavy (non-hydrogen) atoms. The smallest absolute Gasteiger partial charge is 0.226 e. The number of carbonyl (C=O) groups excluding carboxylic acids is 1. The Bertz CT molecular complexity index is 844. The van der Waals surface area contributed by atoms with E-state index in [2.05, 4.69) is 10.0 Å². The molecule has 7 heteroatoms. The fourth-order valence-corrected chi connectivity index (χ4v) is 3.49. The van der Waals surface area contributed by atoms with Crippen molar-refractivity contribution < 1.29 is 13.2 Å². The summed E-state index contributed by atoms with van der Waals surface area (Å²) >= 11 is 5.87. The second kappa shape index (κ2) is 7.99. The van der Waals surface area contributed by atoms with Gasteiger partial charge in [-0.25, -0.2) is 13.1 Å². The van der Waals surface area contributed by atoms with E-state index in [9.17, 15) is 13.2 Å². The predicted octanol–water partition coefficient (Wildman–Crippen LogP) is 3.58. The van der Waals surface area contributed by atoms with Gasteiger partial charge in [-0.1, -0.05) is 29.8 Å². The summed E-state index contributed by atoms with van der Waals surface area (Å²) in [5.41, 5.74) is 3.44. The summed E-state index contributed by atoms with van der Waals surface area (Å²) in [6, 6.07) is 11.8. The average molecular weight is 381 g/mol. The lowest BCUT2D eigenvalue weighted by molar-refractivity contribution is -0.116. The van der Waals surface area contributed by atoms with Crippen LogP contribution in [0.25, 0.3) is 0 Å². The molecule has 0 saturated heterocycles. The van der Waals surface area contributed by atoms with Crippen LogP contribution in [0.4, 0.5) is 5.69 Å². The fraction of sp³-hybridized carbons (Fsp3) is 0.278. The Hall–Kier alpha value is -1.89. The summed E-state index contributed by atoms with van der Waals surface area (Å²) in [7, 11) is -3.48. The highest BCUT2D eigenvalue weighted by atomic mass is 35.5. The van der Waals surface area contributed by atoms with Crippen LogP contribution in [-0.2, 0) is 14.8 Å². The van der Waals surface area contributed by atoms with Gasteiger partial charge >= 0.3 is 0 Å². The maximum Gasteiger partial charge on any atom is 0.226 e. The Morgan fingerprint density at radius 3 is 2.16 bits per heavy atom. The van der Waals surface area contributed by atoms with E-state index in [1.54, 1.807) is 24.3 Å². The Kier molecular flexibility index (Phi) is 6.21. The average Bonchev–Trinajstić information content (AvgIpc) is 2.44. The first-order valence-electron chi connectivity index (χ1n) is 7.73. The summed E-state index contributed by atoms with van der Waals surface area (Å²) in [4.78, 5) is 12.4. The molecule has 2 aromatic rings. The van der Waals surface area contributed by atoms with Crippen molar-refractivity contribution in [2.75, 3.05) is 11.6 Å². The van der Waals surface area contributed by atoms with Gasteiger partial charge in [0.1, 0.15) is 0 Å². The number of hydrogen-bond acceptors (Lipinski definition) is 3. The molecule has 0 unspecified atom stereocenters. The molecule has 2 aromatic carbocycles. The van der Waals surface area contributed by atoms with Gasteiger partial charge in [-0.3, -0.25) is 4.79 Å². The maximum absolute atomic E-state index is 12.4. The van der Waals surface area contributed by atoms with E-state index in [1.165, 1.54) is 0 Å². The molecule has 0 aliphatic heterocycles. The van der Waals surface area contributed by atoms with E-state index >= 15 is 0 Å². The topological polar surface area (TPSA) is 75.3 Å². The number of aryl methyl sites for hydroxylation is 2. The van der Waals surface area contributed by atoms with Crippen molar-refractivity contribution in [3.05, 3.63) is 64.2 Å². The Morgan fingerprint density at radius 1 is 1.08 bits per heavy atom. The number of carbonyl (C=O) groups is 1. The number of sulfonamides is 1. The summed E-state index contributed by atoms with van der Waals surface area (Å²) in [6.07, 6.45) is 1.04.